The molecule has 0 fully saturated rings. The van der Waals surface area contributed by atoms with E-state index in [2.05, 4.69) is 60.2 Å². The molecule has 0 saturated heterocycles. The summed E-state index contributed by atoms with van der Waals surface area (Å²) in [6.07, 6.45) is 4.18. The monoisotopic (exact) mass is 289 g/mol. The minimum absolute atomic E-state index is 0.449. The van der Waals surface area contributed by atoms with Crippen molar-refractivity contribution in [1.82, 2.24) is 24.9 Å². The first-order valence-corrected chi connectivity index (χ1v) is 7.78. The lowest BCUT2D eigenvalue weighted by molar-refractivity contribution is 0.470. The van der Waals surface area contributed by atoms with Crippen LogP contribution in [0.1, 0.15) is 49.0 Å². The van der Waals surface area contributed by atoms with Crippen molar-refractivity contribution < 1.29 is 0 Å². The maximum Gasteiger partial charge on any atom is 0.0853 e. The second-order valence-corrected chi connectivity index (χ2v) is 5.70. The standard InChI is InChI=1S/C16H27N5/c1-6-12(2)20-10-8-15(19-20)11-21-14(4)16(7-9-17-5)13(3)18-21/h8,10,12,17H,6-7,9,11H2,1-5H3. The van der Waals surface area contributed by atoms with E-state index >= 15 is 0 Å². The molecule has 1 atom stereocenters. The van der Waals surface area contributed by atoms with E-state index < -0.39 is 0 Å². The van der Waals surface area contributed by atoms with Gasteiger partial charge in [0, 0.05) is 17.9 Å². The molecule has 0 radical (unpaired) electrons. The Morgan fingerprint density at radius 2 is 2.05 bits per heavy atom. The van der Waals surface area contributed by atoms with Crippen LogP contribution >= 0.6 is 0 Å². The van der Waals surface area contributed by atoms with E-state index in [4.69, 9.17) is 0 Å². The van der Waals surface area contributed by atoms with Gasteiger partial charge in [-0.2, -0.15) is 10.2 Å². The lowest BCUT2D eigenvalue weighted by atomic mass is 10.1. The molecule has 5 heteroatoms. The van der Waals surface area contributed by atoms with Crippen molar-refractivity contribution in [2.75, 3.05) is 13.6 Å². The largest absolute Gasteiger partial charge is 0.319 e. The molecule has 2 rings (SSSR count). The van der Waals surface area contributed by atoms with Crippen LogP contribution in [0.4, 0.5) is 0 Å². The summed E-state index contributed by atoms with van der Waals surface area (Å²) in [6.45, 7) is 10.3. The summed E-state index contributed by atoms with van der Waals surface area (Å²) in [5, 5.41) is 12.5. The van der Waals surface area contributed by atoms with Gasteiger partial charge in [0.15, 0.2) is 0 Å². The van der Waals surface area contributed by atoms with Gasteiger partial charge < -0.3 is 5.32 Å². The highest BCUT2D eigenvalue weighted by Gasteiger charge is 2.12. The Morgan fingerprint density at radius 1 is 1.29 bits per heavy atom. The van der Waals surface area contributed by atoms with E-state index in [0.29, 0.717) is 6.04 Å². The first-order chi connectivity index (χ1) is 10.1. The predicted octanol–water partition coefficient (Wildman–Crippen LogP) is 2.48. The summed E-state index contributed by atoms with van der Waals surface area (Å²) in [5.41, 5.74) is 4.80. The average molecular weight is 289 g/mol. The van der Waals surface area contributed by atoms with Crippen LogP contribution in [0.25, 0.3) is 0 Å². The van der Waals surface area contributed by atoms with Crippen LogP contribution in [0.3, 0.4) is 0 Å². The van der Waals surface area contributed by atoms with Gasteiger partial charge in [-0.05, 0) is 58.8 Å². The van der Waals surface area contributed by atoms with Crippen molar-refractivity contribution in [2.45, 2.75) is 53.1 Å². The summed E-state index contributed by atoms with van der Waals surface area (Å²) < 4.78 is 4.12. The lowest BCUT2D eigenvalue weighted by Gasteiger charge is -2.08. The Morgan fingerprint density at radius 3 is 2.71 bits per heavy atom. The molecule has 21 heavy (non-hydrogen) atoms. The number of likely N-dealkylation sites (N-methyl/N-ethyl adjacent to an activating group) is 1. The molecular formula is C16H27N5. The smallest absolute Gasteiger partial charge is 0.0853 e. The molecule has 0 spiro atoms. The number of rotatable bonds is 7. The van der Waals surface area contributed by atoms with Crippen LogP contribution in [0, 0.1) is 13.8 Å². The molecule has 1 unspecified atom stereocenters. The summed E-state index contributed by atoms with van der Waals surface area (Å²) in [4.78, 5) is 0. The Labute approximate surface area is 127 Å². The molecule has 0 bridgehead atoms. The van der Waals surface area contributed by atoms with Crippen molar-refractivity contribution in [3.05, 3.63) is 34.9 Å². The van der Waals surface area contributed by atoms with Gasteiger partial charge in [-0.15, -0.1) is 0 Å². The van der Waals surface area contributed by atoms with E-state index in [1.807, 2.05) is 11.7 Å². The van der Waals surface area contributed by atoms with Gasteiger partial charge in [0.1, 0.15) is 0 Å². The normalized spacial score (nSPS) is 12.8. The van der Waals surface area contributed by atoms with E-state index in [9.17, 15) is 0 Å². The number of hydrogen-bond acceptors (Lipinski definition) is 3. The Bertz CT molecular complexity index is 582. The van der Waals surface area contributed by atoms with Gasteiger partial charge in [-0.25, -0.2) is 0 Å². The number of aryl methyl sites for hydroxylation is 1. The fourth-order valence-corrected chi connectivity index (χ4v) is 2.55. The minimum atomic E-state index is 0.449. The van der Waals surface area contributed by atoms with Crippen LogP contribution in [0.2, 0.25) is 0 Å². The molecule has 0 aliphatic rings. The van der Waals surface area contributed by atoms with Gasteiger partial charge in [-0.1, -0.05) is 6.92 Å². The van der Waals surface area contributed by atoms with E-state index in [-0.39, 0.29) is 0 Å². The Hall–Kier alpha value is -1.62. The summed E-state index contributed by atoms with van der Waals surface area (Å²) in [7, 11) is 1.98. The Balaban J connectivity index is 2.14. The van der Waals surface area contributed by atoms with Gasteiger partial charge in [0.25, 0.3) is 0 Å². The van der Waals surface area contributed by atoms with Crippen LogP contribution in [0.5, 0.6) is 0 Å². The molecule has 116 valence electrons. The molecule has 0 aromatic carbocycles. The fraction of sp³-hybridized carbons (Fsp3) is 0.625. The van der Waals surface area contributed by atoms with Crippen molar-refractivity contribution in [3.63, 3.8) is 0 Å². The van der Waals surface area contributed by atoms with Gasteiger partial charge >= 0.3 is 0 Å². The molecule has 2 aromatic rings. The lowest BCUT2D eigenvalue weighted by Crippen LogP contribution is -2.11. The minimum Gasteiger partial charge on any atom is -0.319 e. The van der Waals surface area contributed by atoms with Crippen molar-refractivity contribution in [1.29, 1.82) is 0 Å². The average Bonchev–Trinajstić information content (AvgIpc) is 3.03. The highest BCUT2D eigenvalue weighted by Crippen LogP contribution is 2.15. The molecule has 0 amide bonds. The second kappa shape index (κ2) is 6.89. The summed E-state index contributed by atoms with van der Waals surface area (Å²) >= 11 is 0. The number of nitrogens with one attached hydrogen (secondary N) is 1. The first kappa shape index (κ1) is 15.8. The van der Waals surface area contributed by atoms with Gasteiger partial charge in [-0.3, -0.25) is 9.36 Å². The van der Waals surface area contributed by atoms with Crippen LogP contribution in [-0.2, 0) is 13.0 Å². The second-order valence-electron chi connectivity index (χ2n) is 5.70. The number of aromatic nitrogens is 4. The van der Waals surface area contributed by atoms with Crippen LogP contribution in [0.15, 0.2) is 12.3 Å². The van der Waals surface area contributed by atoms with Crippen molar-refractivity contribution in [2.24, 2.45) is 0 Å². The zero-order valence-electron chi connectivity index (χ0n) is 13.8. The summed E-state index contributed by atoms with van der Waals surface area (Å²) in [5.74, 6) is 0. The van der Waals surface area contributed by atoms with E-state index in [0.717, 1.165) is 37.3 Å². The zero-order valence-corrected chi connectivity index (χ0v) is 13.8. The highest BCUT2D eigenvalue weighted by molar-refractivity contribution is 5.25. The first-order valence-electron chi connectivity index (χ1n) is 7.78. The third kappa shape index (κ3) is 3.53. The predicted molar refractivity (Wildman–Crippen MR) is 85.7 cm³/mol. The third-order valence-corrected chi connectivity index (χ3v) is 4.17. The number of hydrogen-bond donors (Lipinski definition) is 1. The molecule has 5 nitrogen and oxygen atoms in total. The Kier molecular flexibility index (Phi) is 5.17. The quantitative estimate of drug-likeness (QED) is 0.852. The maximum absolute atomic E-state index is 4.67. The van der Waals surface area contributed by atoms with Crippen LogP contribution in [-0.4, -0.2) is 33.2 Å². The highest BCUT2D eigenvalue weighted by atomic mass is 15.3. The van der Waals surface area contributed by atoms with Gasteiger partial charge in [0.2, 0.25) is 0 Å². The summed E-state index contributed by atoms with van der Waals surface area (Å²) in [6, 6.07) is 2.54. The van der Waals surface area contributed by atoms with E-state index in [1.54, 1.807) is 0 Å². The van der Waals surface area contributed by atoms with E-state index in [1.165, 1.54) is 11.3 Å². The SMILES string of the molecule is CCC(C)n1ccc(Cn2nc(C)c(CCNC)c2C)n1. The molecule has 2 heterocycles. The maximum atomic E-state index is 4.67. The molecule has 0 aliphatic carbocycles. The van der Waals surface area contributed by atoms with Crippen molar-refractivity contribution in [3.8, 4) is 0 Å². The molecular weight excluding hydrogens is 262 g/mol. The number of nitrogens with zero attached hydrogens (tertiary/aromatic N) is 4. The van der Waals surface area contributed by atoms with Gasteiger partial charge in [0.05, 0.1) is 17.9 Å². The fourth-order valence-electron chi connectivity index (χ4n) is 2.55. The molecule has 2 aromatic heterocycles. The molecule has 0 saturated carbocycles. The topological polar surface area (TPSA) is 47.7 Å². The van der Waals surface area contributed by atoms with Crippen LogP contribution < -0.4 is 5.32 Å². The third-order valence-electron chi connectivity index (χ3n) is 4.17. The van der Waals surface area contributed by atoms with Crippen molar-refractivity contribution >= 4 is 0 Å². The molecule has 0 aliphatic heterocycles. The zero-order chi connectivity index (χ0) is 15.4. The molecule has 1 N–H and O–H groups in total.